The SMILES string of the molecule is CC(C)CCCC(C)C1CCC2C3CC(O)[C@@]4(O)CC(O)CC[C@@]4(C)C3CC[C@@]12C. The molecule has 4 saturated carbocycles. The number of rotatable bonds is 5. The van der Waals surface area contributed by atoms with Gasteiger partial charge in [-0.05, 0) is 85.9 Å². The van der Waals surface area contributed by atoms with Crippen molar-refractivity contribution in [3.05, 3.63) is 0 Å². The van der Waals surface area contributed by atoms with E-state index >= 15 is 0 Å². The van der Waals surface area contributed by atoms with Crippen molar-refractivity contribution < 1.29 is 15.3 Å². The van der Waals surface area contributed by atoms with Crippen molar-refractivity contribution in [1.29, 1.82) is 0 Å². The van der Waals surface area contributed by atoms with E-state index in [4.69, 9.17) is 0 Å². The van der Waals surface area contributed by atoms with Gasteiger partial charge in [0, 0.05) is 11.8 Å². The van der Waals surface area contributed by atoms with Crippen LogP contribution in [0.1, 0.15) is 105 Å². The Labute approximate surface area is 185 Å². The Hall–Kier alpha value is -0.120. The van der Waals surface area contributed by atoms with Crippen LogP contribution >= 0.6 is 0 Å². The molecule has 3 N–H and O–H groups in total. The Kier molecular flexibility index (Phi) is 6.17. The Morgan fingerprint density at radius 3 is 2.33 bits per heavy atom. The van der Waals surface area contributed by atoms with Crippen LogP contribution in [0.4, 0.5) is 0 Å². The molecule has 0 amide bonds. The van der Waals surface area contributed by atoms with Crippen LogP contribution in [0.5, 0.6) is 0 Å². The molecule has 0 aromatic carbocycles. The lowest BCUT2D eigenvalue weighted by molar-refractivity contribution is -0.264. The fourth-order valence-electron chi connectivity index (χ4n) is 9.29. The Morgan fingerprint density at radius 1 is 0.900 bits per heavy atom. The standard InChI is InChI=1S/C27H48O3/c1-17(2)7-6-8-18(3)21-9-10-22-20-15-24(29)27(30)16-19(28)11-14-26(27,5)23(20)12-13-25(21,22)4/h17-24,28-30H,6-16H2,1-5H3/t18?,19?,20?,21?,22?,23?,24?,25-,26-,27-/m0/s1. The number of hydrogen-bond acceptors (Lipinski definition) is 3. The maximum atomic E-state index is 11.6. The average molecular weight is 421 g/mol. The van der Waals surface area contributed by atoms with Gasteiger partial charge < -0.3 is 15.3 Å². The Bertz CT molecular complexity index is 619. The molecule has 4 aliphatic rings. The first-order valence-corrected chi connectivity index (χ1v) is 13.1. The van der Waals surface area contributed by atoms with Crippen LogP contribution in [0.15, 0.2) is 0 Å². The smallest absolute Gasteiger partial charge is 0.0985 e. The molecule has 7 unspecified atom stereocenters. The van der Waals surface area contributed by atoms with Crippen LogP contribution in [0.25, 0.3) is 0 Å². The van der Waals surface area contributed by atoms with Gasteiger partial charge in [0.15, 0.2) is 0 Å². The summed E-state index contributed by atoms with van der Waals surface area (Å²) in [5.74, 6) is 4.13. The molecule has 0 aromatic rings. The summed E-state index contributed by atoms with van der Waals surface area (Å²) in [5, 5.41) is 33.0. The maximum Gasteiger partial charge on any atom is 0.0985 e. The summed E-state index contributed by atoms with van der Waals surface area (Å²) in [6.07, 6.45) is 10.7. The van der Waals surface area contributed by atoms with Crippen LogP contribution in [0.2, 0.25) is 0 Å². The van der Waals surface area contributed by atoms with Gasteiger partial charge in [-0.25, -0.2) is 0 Å². The van der Waals surface area contributed by atoms with Gasteiger partial charge in [-0.2, -0.15) is 0 Å². The maximum absolute atomic E-state index is 11.6. The first kappa shape index (κ1) is 23.1. The van der Waals surface area contributed by atoms with Gasteiger partial charge >= 0.3 is 0 Å². The molecule has 0 bridgehead atoms. The van der Waals surface area contributed by atoms with Crippen LogP contribution in [-0.2, 0) is 0 Å². The third kappa shape index (κ3) is 3.41. The van der Waals surface area contributed by atoms with Crippen molar-refractivity contribution in [3.8, 4) is 0 Å². The highest BCUT2D eigenvalue weighted by atomic mass is 16.3. The van der Waals surface area contributed by atoms with Gasteiger partial charge in [0.2, 0.25) is 0 Å². The van der Waals surface area contributed by atoms with E-state index in [1.165, 1.54) is 44.9 Å². The molecule has 3 heteroatoms. The van der Waals surface area contributed by atoms with Gasteiger partial charge in [0.1, 0.15) is 0 Å². The molecule has 174 valence electrons. The van der Waals surface area contributed by atoms with Crippen molar-refractivity contribution in [3.63, 3.8) is 0 Å². The fraction of sp³-hybridized carbons (Fsp3) is 1.00. The van der Waals surface area contributed by atoms with Crippen LogP contribution in [0, 0.1) is 46.3 Å². The fourth-order valence-corrected chi connectivity index (χ4v) is 9.29. The highest BCUT2D eigenvalue weighted by Crippen LogP contribution is 2.69. The first-order chi connectivity index (χ1) is 14.0. The zero-order valence-corrected chi connectivity index (χ0v) is 20.2. The second kappa shape index (κ2) is 8.03. The second-order valence-electron chi connectivity index (χ2n) is 12.9. The number of fused-ring (bicyclic) bond motifs is 5. The molecule has 0 heterocycles. The molecule has 3 nitrogen and oxygen atoms in total. The molecule has 10 atom stereocenters. The molecular formula is C27H48O3. The highest BCUT2D eigenvalue weighted by molar-refractivity contribution is 5.17. The minimum atomic E-state index is -1.11. The Balaban J connectivity index is 1.53. The normalized spacial score (nSPS) is 51.9. The zero-order valence-electron chi connectivity index (χ0n) is 20.2. The number of aliphatic hydroxyl groups excluding tert-OH is 2. The van der Waals surface area contributed by atoms with Crippen LogP contribution in [0.3, 0.4) is 0 Å². The average Bonchev–Trinajstić information content (AvgIpc) is 3.01. The predicted octanol–water partition coefficient (Wildman–Crippen LogP) is 5.55. The van der Waals surface area contributed by atoms with E-state index in [9.17, 15) is 15.3 Å². The summed E-state index contributed by atoms with van der Waals surface area (Å²) in [6, 6.07) is 0. The lowest BCUT2D eigenvalue weighted by atomic mass is 9.42. The van der Waals surface area contributed by atoms with Crippen molar-refractivity contribution >= 4 is 0 Å². The van der Waals surface area contributed by atoms with Crippen molar-refractivity contribution in [2.45, 2.75) is 123 Å². The van der Waals surface area contributed by atoms with Crippen molar-refractivity contribution in [2.75, 3.05) is 0 Å². The van der Waals surface area contributed by atoms with Gasteiger partial charge in [-0.15, -0.1) is 0 Å². The van der Waals surface area contributed by atoms with Crippen LogP contribution in [-0.4, -0.2) is 33.1 Å². The lowest BCUT2D eigenvalue weighted by Crippen LogP contribution is -2.68. The van der Waals surface area contributed by atoms with E-state index in [-0.39, 0.29) is 5.41 Å². The highest BCUT2D eigenvalue weighted by Gasteiger charge is 2.67. The summed E-state index contributed by atoms with van der Waals surface area (Å²) in [5.41, 5.74) is -0.962. The molecule has 4 fully saturated rings. The molecule has 0 aliphatic heterocycles. The molecular weight excluding hydrogens is 372 g/mol. The second-order valence-corrected chi connectivity index (χ2v) is 12.9. The number of aliphatic hydroxyl groups is 3. The quantitative estimate of drug-likeness (QED) is 0.546. The van der Waals surface area contributed by atoms with Gasteiger partial charge in [-0.3, -0.25) is 0 Å². The third-order valence-electron chi connectivity index (χ3n) is 11.0. The van der Waals surface area contributed by atoms with E-state index in [1.54, 1.807) is 0 Å². The minimum Gasteiger partial charge on any atom is -0.393 e. The Morgan fingerprint density at radius 2 is 1.63 bits per heavy atom. The number of hydrogen-bond donors (Lipinski definition) is 3. The molecule has 0 spiro atoms. The summed E-state index contributed by atoms with van der Waals surface area (Å²) in [7, 11) is 0. The minimum absolute atomic E-state index is 0.253. The van der Waals surface area contributed by atoms with E-state index in [0.717, 1.165) is 37.0 Å². The summed E-state index contributed by atoms with van der Waals surface area (Å²) < 4.78 is 0. The predicted molar refractivity (Wildman–Crippen MR) is 122 cm³/mol. The summed E-state index contributed by atoms with van der Waals surface area (Å²) in [6.45, 7) is 12.0. The largest absolute Gasteiger partial charge is 0.393 e. The van der Waals surface area contributed by atoms with E-state index in [0.29, 0.717) is 29.6 Å². The summed E-state index contributed by atoms with van der Waals surface area (Å²) >= 11 is 0. The van der Waals surface area contributed by atoms with Crippen molar-refractivity contribution in [2.24, 2.45) is 46.3 Å². The molecule has 30 heavy (non-hydrogen) atoms. The molecule has 0 saturated heterocycles. The van der Waals surface area contributed by atoms with E-state index in [1.807, 2.05) is 0 Å². The molecule has 4 rings (SSSR count). The lowest BCUT2D eigenvalue weighted by Gasteiger charge is -2.65. The van der Waals surface area contributed by atoms with Crippen molar-refractivity contribution in [1.82, 2.24) is 0 Å². The van der Waals surface area contributed by atoms with Gasteiger partial charge in [0.25, 0.3) is 0 Å². The zero-order chi connectivity index (χ0) is 21.9. The molecule has 4 aliphatic carbocycles. The topological polar surface area (TPSA) is 60.7 Å². The van der Waals surface area contributed by atoms with Gasteiger partial charge in [-0.1, -0.05) is 53.9 Å². The third-order valence-corrected chi connectivity index (χ3v) is 11.0. The van der Waals surface area contributed by atoms with E-state index < -0.39 is 17.8 Å². The molecule has 0 radical (unpaired) electrons. The van der Waals surface area contributed by atoms with Gasteiger partial charge in [0.05, 0.1) is 17.8 Å². The first-order valence-electron chi connectivity index (χ1n) is 13.1. The van der Waals surface area contributed by atoms with Crippen LogP contribution < -0.4 is 0 Å². The monoisotopic (exact) mass is 420 g/mol. The summed E-state index contributed by atoms with van der Waals surface area (Å²) in [4.78, 5) is 0. The molecule has 0 aromatic heterocycles. The van der Waals surface area contributed by atoms with E-state index in [2.05, 4.69) is 34.6 Å².